The molecule has 2 aromatic heterocycles. The first-order valence-electron chi connectivity index (χ1n) is 5.32. The minimum atomic E-state index is 0.688. The Kier molecular flexibility index (Phi) is 3.14. The third-order valence-electron chi connectivity index (χ3n) is 2.52. The van der Waals surface area contributed by atoms with Crippen LogP contribution in [0.1, 0.15) is 18.2 Å². The zero-order valence-electron chi connectivity index (χ0n) is 9.51. The topological polar surface area (TPSA) is 55.6 Å². The highest BCUT2D eigenvalue weighted by Gasteiger charge is 2.03. The van der Waals surface area contributed by atoms with Gasteiger partial charge in [-0.1, -0.05) is 18.2 Å². The van der Waals surface area contributed by atoms with Crippen LogP contribution in [0.2, 0.25) is 0 Å². The molecule has 0 saturated heterocycles. The average Bonchev–Trinajstić information content (AvgIpc) is 2.72. The zero-order chi connectivity index (χ0) is 11.4. The van der Waals surface area contributed by atoms with Crippen LogP contribution < -0.4 is 5.32 Å². The van der Waals surface area contributed by atoms with Crippen molar-refractivity contribution in [3.63, 3.8) is 0 Å². The molecule has 0 aliphatic carbocycles. The lowest BCUT2D eigenvalue weighted by Gasteiger charge is -2.08. The van der Waals surface area contributed by atoms with E-state index in [1.165, 1.54) is 5.56 Å². The number of anilines is 1. The number of rotatable bonds is 4. The summed E-state index contributed by atoms with van der Waals surface area (Å²) < 4.78 is 1.75. The fraction of sp³-hybridized carbons (Fsp3) is 0.364. The Balaban J connectivity index is 2.07. The Morgan fingerprint density at radius 3 is 3.00 bits per heavy atom. The highest BCUT2D eigenvalue weighted by molar-refractivity contribution is 5.43. The molecule has 0 aromatic carbocycles. The Bertz CT molecular complexity index is 463. The molecule has 84 valence electrons. The van der Waals surface area contributed by atoms with Crippen molar-refractivity contribution in [2.45, 2.75) is 19.9 Å². The largest absolute Gasteiger partial charge is 0.364 e. The predicted octanol–water partition coefficient (Wildman–Crippen LogP) is 1.38. The summed E-state index contributed by atoms with van der Waals surface area (Å²) in [5, 5.41) is 11.0. The maximum Gasteiger partial charge on any atom is 0.129 e. The highest BCUT2D eigenvalue weighted by Crippen LogP contribution is 2.12. The van der Waals surface area contributed by atoms with Crippen molar-refractivity contribution >= 4 is 5.82 Å². The van der Waals surface area contributed by atoms with Crippen molar-refractivity contribution in [1.82, 2.24) is 20.0 Å². The normalized spacial score (nSPS) is 10.4. The van der Waals surface area contributed by atoms with Gasteiger partial charge in [-0.05, 0) is 18.1 Å². The van der Waals surface area contributed by atoms with Crippen LogP contribution in [0.25, 0.3) is 0 Å². The number of hydrogen-bond donors (Lipinski definition) is 1. The van der Waals surface area contributed by atoms with E-state index in [0.717, 1.165) is 17.9 Å². The molecule has 0 saturated carbocycles. The van der Waals surface area contributed by atoms with Crippen molar-refractivity contribution in [2.75, 3.05) is 5.32 Å². The summed E-state index contributed by atoms with van der Waals surface area (Å²) >= 11 is 0. The summed E-state index contributed by atoms with van der Waals surface area (Å²) in [6.07, 6.45) is 4.52. The molecule has 5 nitrogen and oxygen atoms in total. The third kappa shape index (κ3) is 2.18. The first kappa shape index (κ1) is 10.6. The highest BCUT2D eigenvalue weighted by atomic mass is 15.4. The lowest BCUT2D eigenvalue weighted by Crippen LogP contribution is -2.07. The van der Waals surface area contributed by atoms with Gasteiger partial charge in [0, 0.05) is 13.2 Å². The predicted molar refractivity (Wildman–Crippen MR) is 61.9 cm³/mol. The summed E-state index contributed by atoms with van der Waals surface area (Å²) in [6.45, 7) is 2.81. The summed E-state index contributed by atoms with van der Waals surface area (Å²) in [6, 6.07) is 4.03. The van der Waals surface area contributed by atoms with E-state index >= 15 is 0 Å². The molecule has 1 N–H and O–H groups in total. The molecule has 0 bridgehead atoms. The van der Waals surface area contributed by atoms with Crippen molar-refractivity contribution < 1.29 is 0 Å². The van der Waals surface area contributed by atoms with Gasteiger partial charge in [-0.2, -0.15) is 0 Å². The molecule has 0 fully saturated rings. The fourth-order valence-corrected chi connectivity index (χ4v) is 1.53. The number of aryl methyl sites for hydroxylation is 2. The molecule has 0 spiro atoms. The van der Waals surface area contributed by atoms with E-state index in [1.807, 2.05) is 13.1 Å². The summed E-state index contributed by atoms with van der Waals surface area (Å²) in [4.78, 5) is 4.32. The van der Waals surface area contributed by atoms with Crippen LogP contribution >= 0.6 is 0 Å². The Hall–Kier alpha value is -1.91. The van der Waals surface area contributed by atoms with Crippen LogP contribution in [-0.2, 0) is 20.0 Å². The van der Waals surface area contributed by atoms with Gasteiger partial charge in [-0.15, -0.1) is 5.10 Å². The van der Waals surface area contributed by atoms with Gasteiger partial charge in [-0.25, -0.2) is 4.98 Å². The summed E-state index contributed by atoms with van der Waals surface area (Å²) in [7, 11) is 1.88. The number of aromatic nitrogens is 4. The van der Waals surface area contributed by atoms with Crippen LogP contribution in [0.15, 0.2) is 24.5 Å². The lowest BCUT2D eigenvalue weighted by atomic mass is 10.2. The molecule has 2 rings (SSSR count). The standard InChI is InChI=1S/C11H15N5/c1-3-9-5-4-6-12-11(9)13-7-10-8-14-15-16(10)2/h4-6,8H,3,7H2,1-2H3,(H,12,13). The van der Waals surface area contributed by atoms with Crippen LogP contribution in [0.3, 0.4) is 0 Å². The van der Waals surface area contributed by atoms with Crippen molar-refractivity contribution in [2.24, 2.45) is 7.05 Å². The monoisotopic (exact) mass is 217 g/mol. The van der Waals surface area contributed by atoms with Crippen molar-refractivity contribution in [3.05, 3.63) is 35.8 Å². The van der Waals surface area contributed by atoms with E-state index in [-0.39, 0.29) is 0 Å². The molecule has 0 aliphatic heterocycles. The van der Waals surface area contributed by atoms with E-state index in [0.29, 0.717) is 6.54 Å². The molecule has 2 aromatic rings. The minimum Gasteiger partial charge on any atom is -0.364 e. The van der Waals surface area contributed by atoms with Gasteiger partial charge in [0.05, 0.1) is 18.4 Å². The van der Waals surface area contributed by atoms with E-state index < -0.39 is 0 Å². The molecule has 0 aliphatic rings. The van der Waals surface area contributed by atoms with Gasteiger partial charge in [0.1, 0.15) is 5.82 Å². The van der Waals surface area contributed by atoms with Gasteiger partial charge < -0.3 is 5.32 Å². The number of pyridine rings is 1. The van der Waals surface area contributed by atoms with Gasteiger partial charge in [0.25, 0.3) is 0 Å². The van der Waals surface area contributed by atoms with Gasteiger partial charge in [0.2, 0.25) is 0 Å². The Morgan fingerprint density at radius 2 is 2.31 bits per heavy atom. The SMILES string of the molecule is CCc1cccnc1NCc1cnnn1C. The molecule has 2 heterocycles. The quantitative estimate of drug-likeness (QED) is 0.840. The molecular formula is C11H15N5. The number of nitrogens with zero attached hydrogens (tertiary/aromatic N) is 4. The fourth-order valence-electron chi connectivity index (χ4n) is 1.53. The lowest BCUT2D eigenvalue weighted by molar-refractivity contribution is 0.683. The van der Waals surface area contributed by atoms with Crippen molar-refractivity contribution in [1.29, 1.82) is 0 Å². The maximum atomic E-state index is 4.32. The summed E-state index contributed by atoms with van der Waals surface area (Å²) in [5.74, 6) is 0.936. The molecule has 5 heteroatoms. The molecule has 16 heavy (non-hydrogen) atoms. The van der Waals surface area contributed by atoms with Gasteiger partial charge in [0.15, 0.2) is 0 Å². The molecule has 0 atom stereocenters. The van der Waals surface area contributed by atoms with Gasteiger partial charge >= 0.3 is 0 Å². The number of nitrogens with one attached hydrogen (secondary N) is 1. The maximum absolute atomic E-state index is 4.32. The smallest absolute Gasteiger partial charge is 0.129 e. The first-order chi connectivity index (χ1) is 7.81. The Labute approximate surface area is 94.5 Å². The average molecular weight is 217 g/mol. The van der Waals surface area contributed by atoms with E-state index in [1.54, 1.807) is 17.1 Å². The second kappa shape index (κ2) is 4.74. The van der Waals surface area contributed by atoms with E-state index in [9.17, 15) is 0 Å². The second-order valence-corrected chi connectivity index (χ2v) is 3.57. The van der Waals surface area contributed by atoms with E-state index in [2.05, 4.69) is 33.6 Å². The van der Waals surface area contributed by atoms with Crippen LogP contribution in [0.4, 0.5) is 5.82 Å². The first-order valence-corrected chi connectivity index (χ1v) is 5.32. The minimum absolute atomic E-state index is 0.688. The third-order valence-corrected chi connectivity index (χ3v) is 2.52. The van der Waals surface area contributed by atoms with Crippen LogP contribution in [0.5, 0.6) is 0 Å². The van der Waals surface area contributed by atoms with Gasteiger partial charge in [-0.3, -0.25) is 4.68 Å². The molecular weight excluding hydrogens is 202 g/mol. The molecule has 0 radical (unpaired) electrons. The molecule has 0 amide bonds. The van der Waals surface area contributed by atoms with E-state index in [4.69, 9.17) is 0 Å². The molecule has 0 unspecified atom stereocenters. The van der Waals surface area contributed by atoms with Crippen LogP contribution in [0, 0.1) is 0 Å². The zero-order valence-corrected chi connectivity index (χ0v) is 9.51. The van der Waals surface area contributed by atoms with Crippen molar-refractivity contribution in [3.8, 4) is 0 Å². The Morgan fingerprint density at radius 1 is 1.44 bits per heavy atom. The summed E-state index contributed by atoms with van der Waals surface area (Å²) in [5.41, 5.74) is 2.25. The van der Waals surface area contributed by atoms with Crippen LogP contribution in [-0.4, -0.2) is 20.0 Å². The number of hydrogen-bond acceptors (Lipinski definition) is 4. The second-order valence-electron chi connectivity index (χ2n) is 3.57.